The van der Waals surface area contributed by atoms with Crippen molar-refractivity contribution in [3.63, 3.8) is 0 Å². The molecule has 3 fully saturated rings. The van der Waals surface area contributed by atoms with Crippen LogP contribution in [0.15, 0.2) is 59.7 Å². The summed E-state index contributed by atoms with van der Waals surface area (Å²) < 4.78 is 0. The third-order valence-corrected chi connectivity index (χ3v) is 8.92. The van der Waals surface area contributed by atoms with E-state index in [-0.39, 0.29) is 5.41 Å². The Morgan fingerprint density at radius 2 is 1.97 bits per heavy atom. The molecule has 188 valence electrons. The highest BCUT2D eigenvalue weighted by molar-refractivity contribution is 5.40. The summed E-state index contributed by atoms with van der Waals surface area (Å²) in [5, 5.41) is 30.6. The van der Waals surface area contributed by atoms with Crippen LogP contribution in [0.5, 0.6) is 0 Å². The molecule has 6 atom stereocenters. The number of fused-ring (bicyclic) bond motifs is 1. The van der Waals surface area contributed by atoms with Gasteiger partial charge in [0, 0.05) is 17.9 Å². The highest BCUT2D eigenvalue weighted by Gasteiger charge is 2.50. The zero-order valence-electron chi connectivity index (χ0n) is 21.8. The summed E-state index contributed by atoms with van der Waals surface area (Å²) >= 11 is 0. The van der Waals surface area contributed by atoms with Crippen molar-refractivity contribution in [3.8, 4) is 11.8 Å². The lowest BCUT2D eigenvalue weighted by molar-refractivity contribution is 0.0785. The topological polar surface area (TPSA) is 60.7 Å². The predicted molar refractivity (Wildman–Crippen MR) is 142 cm³/mol. The third kappa shape index (κ3) is 5.51. The summed E-state index contributed by atoms with van der Waals surface area (Å²) in [6.45, 7) is 12.4. The van der Waals surface area contributed by atoms with E-state index in [1.807, 2.05) is 24.3 Å². The summed E-state index contributed by atoms with van der Waals surface area (Å²) in [4.78, 5) is 0. The molecule has 0 spiro atoms. The molecule has 3 nitrogen and oxygen atoms in total. The molecule has 3 aliphatic rings. The van der Waals surface area contributed by atoms with Crippen LogP contribution in [-0.2, 0) is 5.60 Å². The van der Waals surface area contributed by atoms with Crippen LogP contribution in [-0.4, -0.2) is 27.5 Å². The summed E-state index contributed by atoms with van der Waals surface area (Å²) in [6.07, 6.45) is 10.2. The van der Waals surface area contributed by atoms with Crippen LogP contribution in [0, 0.1) is 35.0 Å². The maximum Gasteiger partial charge on any atom is 0.0840 e. The summed E-state index contributed by atoms with van der Waals surface area (Å²) in [5.74, 6) is 8.38. The van der Waals surface area contributed by atoms with Crippen LogP contribution in [0.25, 0.3) is 0 Å². The van der Waals surface area contributed by atoms with Gasteiger partial charge in [0.2, 0.25) is 0 Å². The molecule has 4 rings (SSSR count). The lowest BCUT2D eigenvalue weighted by Crippen LogP contribution is -2.35. The van der Waals surface area contributed by atoms with Crippen molar-refractivity contribution in [2.24, 2.45) is 23.2 Å². The van der Waals surface area contributed by atoms with Crippen molar-refractivity contribution >= 4 is 0 Å². The van der Waals surface area contributed by atoms with Crippen molar-refractivity contribution in [1.82, 2.24) is 0 Å². The Labute approximate surface area is 211 Å². The van der Waals surface area contributed by atoms with E-state index in [1.54, 1.807) is 13.8 Å². The molecule has 35 heavy (non-hydrogen) atoms. The Balaban J connectivity index is 1.52. The summed E-state index contributed by atoms with van der Waals surface area (Å²) in [6, 6.07) is 7.95. The zero-order chi connectivity index (χ0) is 25.4. The number of hydrogen-bond donors (Lipinski definition) is 3. The van der Waals surface area contributed by atoms with Crippen molar-refractivity contribution in [2.75, 3.05) is 0 Å². The van der Waals surface area contributed by atoms with E-state index in [2.05, 4.69) is 44.4 Å². The molecule has 1 aromatic rings. The van der Waals surface area contributed by atoms with Gasteiger partial charge >= 0.3 is 0 Å². The quantitative estimate of drug-likeness (QED) is 0.468. The van der Waals surface area contributed by atoms with Gasteiger partial charge in [-0.3, -0.25) is 0 Å². The second-order valence-electron chi connectivity index (χ2n) is 11.9. The molecule has 0 heterocycles. The van der Waals surface area contributed by atoms with Gasteiger partial charge in [0.15, 0.2) is 0 Å². The fourth-order valence-electron chi connectivity index (χ4n) is 6.84. The molecule has 3 saturated carbocycles. The first-order chi connectivity index (χ1) is 16.5. The standard InChI is InChI=1S/C32H42O3/c1-21(11-12-23-8-6-10-26(18-23)31(3,4)35)28-15-16-29-24(9-7-17-32(28,29)5)13-14-25-19-27(33)20-30(34)22(25)2/h6,8,10,13-14,18,21,27-30,33-35H,2,7,9,15-17,19-20H2,1,3-5H3/b24-13+,25-14-/t21-,27-,28-,29+,30+,32-/m1/s1. The molecule has 3 aliphatic carbocycles. The highest BCUT2D eigenvalue weighted by Crippen LogP contribution is 2.59. The molecule has 0 bridgehead atoms. The molecule has 0 unspecified atom stereocenters. The van der Waals surface area contributed by atoms with Crippen LogP contribution in [0.1, 0.15) is 83.8 Å². The van der Waals surface area contributed by atoms with E-state index in [9.17, 15) is 15.3 Å². The Morgan fingerprint density at radius 1 is 1.20 bits per heavy atom. The van der Waals surface area contributed by atoms with Gasteiger partial charge in [-0.1, -0.05) is 62.1 Å². The molecule has 3 N–H and O–H groups in total. The number of aliphatic hydroxyl groups is 3. The van der Waals surface area contributed by atoms with Crippen LogP contribution in [0.4, 0.5) is 0 Å². The number of benzene rings is 1. The normalized spacial score (nSPS) is 34.4. The van der Waals surface area contributed by atoms with Gasteiger partial charge in [-0.15, -0.1) is 0 Å². The third-order valence-electron chi connectivity index (χ3n) is 8.92. The highest BCUT2D eigenvalue weighted by atomic mass is 16.3. The Kier molecular flexibility index (Phi) is 7.49. The van der Waals surface area contributed by atoms with Gasteiger partial charge in [0.1, 0.15) is 0 Å². The van der Waals surface area contributed by atoms with E-state index in [0.29, 0.717) is 30.6 Å². The fraction of sp³-hybridized carbons (Fsp3) is 0.562. The molecule has 1 aromatic carbocycles. The molecule has 0 amide bonds. The van der Waals surface area contributed by atoms with Crippen LogP contribution in [0.2, 0.25) is 0 Å². The first kappa shape index (κ1) is 26.0. The van der Waals surface area contributed by atoms with Gasteiger partial charge in [-0.05, 0) is 98.5 Å². The van der Waals surface area contributed by atoms with Crippen molar-refractivity contribution in [2.45, 2.75) is 90.4 Å². The largest absolute Gasteiger partial charge is 0.393 e. The monoisotopic (exact) mass is 474 g/mol. The van der Waals surface area contributed by atoms with Crippen molar-refractivity contribution in [3.05, 3.63) is 70.8 Å². The Bertz CT molecular complexity index is 1080. The van der Waals surface area contributed by atoms with E-state index < -0.39 is 17.8 Å². The molecular weight excluding hydrogens is 432 g/mol. The van der Waals surface area contributed by atoms with Crippen LogP contribution in [0.3, 0.4) is 0 Å². The molecule has 0 radical (unpaired) electrons. The van der Waals surface area contributed by atoms with Gasteiger partial charge in [0.05, 0.1) is 17.8 Å². The minimum absolute atomic E-state index is 0.244. The van der Waals surface area contributed by atoms with Crippen LogP contribution < -0.4 is 0 Å². The second-order valence-corrected chi connectivity index (χ2v) is 11.9. The zero-order valence-corrected chi connectivity index (χ0v) is 21.8. The van der Waals surface area contributed by atoms with E-state index in [4.69, 9.17) is 0 Å². The first-order valence-corrected chi connectivity index (χ1v) is 13.3. The average molecular weight is 475 g/mol. The van der Waals surface area contributed by atoms with Crippen molar-refractivity contribution < 1.29 is 15.3 Å². The maximum absolute atomic E-state index is 10.3. The number of hydrogen-bond acceptors (Lipinski definition) is 3. The van der Waals surface area contributed by atoms with Gasteiger partial charge in [-0.2, -0.15) is 0 Å². The molecule has 0 aromatic heterocycles. The lowest BCUT2D eigenvalue weighted by atomic mass is 9.61. The van der Waals surface area contributed by atoms with E-state index in [1.165, 1.54) is 31.3 Å². The van der Waals surface area contributed by atoms with E-state index in [0.717, 1.165) is 28.7 Å². The molecule has 3 heteroatoms. The summed E-state index contributed by atoms with van der Waals surface area (Å²) in [7, 11) is 0. The van der Waals surface area contributed by atoms with E-state index >= 15 is 0 Å². The number of allylic oxidation sites excluding steroid dienone is 3. The number of rotatable bonds is 3. The number of aliphatic hydroxyl groups excluding tert-OH is 2. The fourth-order valence-corrected chi connectivity index (χ4v) is 6.84. The minimum atomic E-state index is -0.865. The first-order valence-electron chi connectivity index (χ1n) is 13.3. The maximum atomic E-state index is 10.3. The Hall–Kier alpha value is -2.12. The second kappa shape index (κ2) is 10.1. The smallest absolute Gasteiger partial charge is 0.0840 e. The Morgan fingerprint density at radius 3 is 2.71 bits per heavy atom. The predicted octanol–water partition coefficient (Wildman–Crippen LogP) is 6.04. The van der Waals surface area contributed by atoms with Gasteiger partial charge in [0.25, 0.3) is 0 Å². The minimum Gasteiger partial charge on any atom is -0.393 e. The van der Waals surface area contributed by atoms with Crippen molar-refractivity contribution in [1.29, 1.82) is 0 Å². The average Bonchev–Trinajstić information content (AvgIpc) is 3.16. The summed E-state index contributed by atoms with van der Waals surface area (Å²) in [5.41, 5.74) is 4.48. The molecular formula is C32H42O3. The SMILES string of the molecule is C=C1/C(=C\C=C2/CCC[C@]3(C)[C@@H]([C@H](C)C#Cc4cccc(C(C)(C)O)c4)CC[C@@H]23)C[C@@H](O)C[C@@H]1O. The molecule has 0 saturated heterocycles. The molecule has 0 aliphatic heterocycles. The lowest BCUT2D eigenvalue weighted by Gasteiger charge is -2.43. The van der Waals surface area contributed by atoms with Gasteiger partial charge in [-0.25, -0.2) is 0 Å². The van der Waals surface area contributed by atoms with Gasteiger partial charge < -0.3 is 15.3 Å². The van der Waals surface area contributed by atoms with Crippen LogP contribution >= 0.6 is 0 Å².